The fourth-order valence-corrected chi connectivity index (χ4v) is 2.13. The highest BCUT2D eigenvalue weighted by Crippen LogP contribution is 2.43. The number of ether oxygens (including phenoxy) is 3. The third-order valence-corrected chi connectivity index (χ3v) is 3.66. The number of halogens is 1. The van der Waals surface area contributed by atoms with Gasteiger partial charge in [0.05, 0.1) is 19.3 Å². The summed E-state index contributed by atoms with van der Waals surface area (Å²) in [6.07, 6.45) is 0.270. The predicted molar refractivity (Wildman–Crippen MR) is 78.8 cm³/mol. The van der Waals surface area contributed by atoms with Crippen LogP contribution in [0.1, 0.15) is 31.9 Å². The minimum absolute atomic E-state index is 0. The molecule has 0 aromatic heterocycles. The summed E-state index contributed by atoms with van der Waals surface area (Å²) in [5, 5.41) is 10.2. The second kappa shape index (κ2) is 7.02. The van der Waals surface area contributed by atoms with Crippen LogP contribution in [0.3, 0.4) is 0 Å². The Morgan fingerprint density at radius 3 is 2.70 bits per heavy atom. The molecule has 0 bridgehead atoms. The fraction of sp³-hybridized carbons (Fsp3) is 0.571. The summed E-state index contributed by atoms with van der Waals surface area (Å²) in [6, 6.07) is 3.13. The summed E-state index contributed by atoms with van der Waals surface area (Å²) in [7, 11) is 1.57. The number of benzene rings is 1. The first-order valence-electron chi connectivity index (χ1n) is 6.49. The molecule has 0 spiro atoms. The monoisotopic (exact) mass is 303 g/mol. The van der Waals surface area contributed by atoms with Crippen LogP contribution in [0.4, 0.5) is 0 Å². The summed E-state index contributed by atoms with van der Waals surface area (Å²) in [5.41, 5.74) is 6.92. The molecule has 2 rings (SSSR count). The van der Waals surface area contributed by atoms with Crippen molar-refractivity contribution in [2.24, 2.45) is 11.7 Å². The second-order valence-corrected chi connectivity index (χ2v) is 4.86. The maximum absolute atomic E-state index is 10.2. The van der Waals surface area contributed by atoms with Crippen LogP contribution < -0.4 is 19.9 Å². The summed E-state index contributed by atoms with van der Waals surface area (Å²) in [6.45, 7) is 4.19. The molecule has 1 heterocycles. The van der Waals surface area contributed by atoms with Gasteiger partial charge >= 0.3 is 0 Å². The molecule has 3 N–H and O–H groups in total. The van der Waals surface area contributed by atoms with E-state index in [9.17, 15) is 5.11 Å². The van der Waals surface area contributed by atoms with E-state index in [1.807, 2.05) is 13.8 Å². The third-order valence-electron chi connectivity index (χ3n) is 3.66. The van der Waals surface area contributed by atoms with E-state index in [1.165, 1.54) is 0 Å². The van der Waals surface area contributed by atoms with Crippen molar-refractivity contribution in [3.05, 3.63) is 17.7 Å². The Morgan fingerprint density at radius 2 is 2.10 bits per heavy atom. The van der Waals surface area contributed by atoms with E-state index in [1.54, 1.807) is 19.2 Å². The average molecular weight is 304 g/mol. The molecular formula is C14H22ClNO4. The second-order valence-electron chi connectivity index (χ2n) is 4.86. The summed E-state index contributed by atoms with van der Waals surface area (Å²) < 4.78 is 16.0. The van der Waals surface area contributed by atoms with Gasteiger partial charge in [-0.15, -0.1) is 12.4 Å². The Labute approximate surface area is 125 Å². The van der Waals surface area contributed by atoms with Gasteiger partial charge in [-0.3, -0.25) is 0 Å². The number of aliphatic hydroxyl groups is 1. The highest BCUT2D eigenvalue weighted by Gasteiger charge is 2.26. The van der Waals surface area contributed by atoms with Crippen molar-refractivity contribution >= 4 is 12.4 Å². The van der Waals surface area contributed by atoms with Gasteiger partial charge in [0.15, 0.2) is 11.5 Å². The van der Waals surface area contributed by atoms with Crippen LogP contribution in [0.25, 0.3) is 0 Å². The zero-order valence-corrected chi connectivity index (χ0v) is 12.8. The topological polar surface area (TPSA) is 73.9 Å². The van der Waals surface area contributed by atoms with Gasteiger partial charge in [-0.05, 0) is 23.6 Å². The largest absolute Gasteiger partial charge is 0.493 e. The van der Waals surface area contributed by atoms with Crippen molar-refractivity contribution in [2.45, 2.75) is 32.4 Å². The normalized spacial score (nSPS) is 17.1. The highest BCUT2D eigenvalue weighted by molar-refractivity contribution is 5.85. The number of nitrogens with two attached hydrogens (primary N) is 1. The molecule has 6 heteroatoms. The number of rotatable bonds is 5. The molecule has 0 saturated heterocycles. The number of hydrogen-bond acceptors (Lipinski definition) is 5. The molecular weight excluding hydrogens is 282 g/mol. The maximum atomic E-state index is 10.2. The zero-order chi connectivity index (χ0) is 14.0. The first-order chi connectivity index (χ1) is 9.08. The maximum Gasteiger partial charge on any atom is 0.231 e. The molecule has 1 aliphatic rings. The predicted octanol–water partition coefficient (Wildman–Crippen LogP) is 2.25. The van der Waals surface area contributed by atoms with Gasteiger partial charge in [0.1, 0.15) is 0 Å². The lowest BCUT2D eigenvalue weighted by Gasteiger charge is -2.24. The molecule has 1 unspecified atom stereocenters. The van der Waals surface area contributed by atoms with Gasteiger partial charge < -0.3 is 25.1 Å². The van der Waals surface area contributed by atoms with Crippen LogP contribution in [0.15, 0.2) is 12.1 Å². The number of aliphatic hydroxyl groups excluding tert-OH is 1. The fourth-order valence-electron chi connectivity index (χ4n) is 2.13. The number of hydrogen-bond donors (Lipinski definition) is 2. The highest BCUT2D eigenvalue weighted by atomic mass is 35.5. The first kappa shape index (κ1) is 16.9. The minimum Gasteiger partial charge on any atom is -0.493 e. The van der Waals surface area contributed by atoms with E-state index < -0.39 is 12.1 Å². The molecule has 1 aliphatic heterocycles. The summed E-state index contributed by atoms with van der Waals surface area (Å²) in [5.74, 6) is 1.92. The van der Waals surface area contributed by atoms with Crippen LogP contribution >= 0.6 is 12.4 Å². The molecule has 1 aromatic carbocycles. The Kier molecular flexibility index (Phi) is 5.92. The Hall–Kier alpha value is -1.17. The van der Waals surface area contributed by atoms with E-state index in [2.05, 4.69) is 0 Å². The van der Waals surface area contributed by atoms with E-state index >= 15 is 0 Å². The first-order valence-corrected chi connectivity index (χ1v) is 6.49. The SMILES string of the molecule is CCC(C)[C@@H](O)[C@@H](N)c1cc(OC)c2c(c1)OCO2.Cl. The van der Waals surface area contributed by atoms with Gasteiger partial charge in [-0.25, -0.2) is 0 Å². The molecule has 0 radical (unpaired) electrons. The van der Waals surface area contributed by atoms with Crippen LogP contribution in [-0.4, -0.2) is 25.1 Å². The molecule has 0 fully saturated rings. The van der Waals surface area contributed by atoms with Crippen LogP contribution in [-0.2, 0) is 0 Å². The number of fused-ring (bicyclic) bond motifs is 1. The van der Waals surface area contributed by atoms with Crippen molar-refractivity contribution in [1.29, 1.82) is 0 Å². The quantitative estimate of drug-likeness (QED) is 0.873. The van der Waals surface area contributed by atoms with Gasteiger partial charge in [0, 0.05) is 0 Å². The van der Waals surface area contributed by atoms with Crippen LogP contribution in [0, 0.1) is 5.92 Å². The Bertz CT molecular complexity index is 455. The summed E-state index contributed by atoms with van der Waals surface area (Å²) >= 11 is 0. The van der Waals surface area contributed by atoms with Gasteiger partial charge in [0.25, 0.3) is 0 Å². The third kappa shape index (κ3) is 3.11. The molecule has 0 aliphatic carbocycles. The molecule has 1 aromatic rings. The van der Waals surface area contributed by atoms with E-state index in [-0.39, 0.29) is 25.1 Å². The van der Waals surface area contributed by atoms with Crippen molar-refractivity contribution in [3.8, 4) is 17.2 Å². The lowest BCUT2D eigenvalue weighted by molar-refractivity contribution is 0.0878. The van der Waals surface area contributed by atoms with E-state index in [4.69, 9.17) is 19.9 Å². The standard InChI is InChI=1S/C14H21NO4.ClH/c1-4-8(2)13(16)12(15)9-5-10(17-3)14-11(6-9)18-7-19-14;/h5-6,8,12-13,16H,4,7,15H2,1-3H3;1H/t8?,12-,13+;/m0./s1. The van der Waals surface area contributed by atoms with E-state index in [0.29, 0.717) is 17.2 Å². The smallest absolute Gasteiger partial charge is 0.231 e. The van der Waals surface area contributed by atoms with Crippen molar-refractivity contribution < 1.29 is 19.3 Å². The van der Waals surface area contributed by atoms with Crippen LogP contribution in [0.5, 0.6) is 17.2 Å². The zero-order valence-electron chi connectivity index (χ0n) is 12.0. The van der Waals surface area contributed by atoms with Crippen molar-refractivity contribution in [2.75, 3.05) is 13.9 Å². The van der Waals surface area contributed by atoms with E-state index in [0.717, 1.165) is 12.0 Å². The Balaban J connectivity index is 0.00000200. The molecule has 0 amide bonds. The average Bonchev–Trinajstić information content (AvgIpc) is 2.91. The lowest BCUT2D eigenvalue weighted by Crippen LogP contribution is -2.31. The lowest BCUT2D eigenvalue weighted by atomic mass is 9.91. The molecule has 20 heavy (non-hydrogen) atoms. The molecule has 114 valence electrons. The van der Waals surface area contributed by atoms with Gasteiger partial charge in [-0.1, -0.05) is 20.3 Å². The Morgan fingerprint density at radius 1 is 1.40 bits per heavy atom. The summed E-state index contributed by atoms with van der Waals surface area (Å²) in [4.78, 5) is 0. The van der Waals surface area contributed by atoms with Crippen molar-refractivity contribution in [1.82, 2.24) is 0 Å². The van der Waals surface area contributed by atoms with Gasteiger partial charge in [-0.2, -0.15) is 0 Å². The molecule has 5 nitrogen and oxygen atoms in total. The number of methoxy groups -OCH3 is 1. The van der Waals surface area contributed by atoms with Crippen LogP contribution in [0.2, 0.25) is 0 Å². The minimum atomic E-state index is -0.602. The van der Waals surface area contributed by atoms with Crippen molar-refractivity contribution in [3.63, 3.8) is 0 Å². The molecule has 0 saturated carbocycles. The van der Waals surface area contributed by atoms with Gasteiger partial charge in [0.2, 0.25) is 12.5 Å². The molecule has 3 atom stereocenters.